The fourth-order valence-corrected chi connectivity index (χ4v) is 3.69. The Morgan fingerprint density at radius 2 is 1.81 bits per heavy atom. The fourth-order valence-electron chi connectivity index (χ4n) is 2.64. The van der Waals surface area contributed by atoms with E-state index in [1.807, 2.05) is 48.5 Å². The third-order valence-electron chi connectivity index (χ3n) is 3.89. The quantitative estimate of drug-likeness (QED) is 0.769. The van der Waals surface area contributed by atoms with Gasteiger partial charge in [0.15, 0.2) is 11.5 Å². The number of hydrogen-bond donors (Lipinski definition) is 2. The Morgan fingerprint density at radius 3 is 2.56 bits per heavy atom. The number of benzene rings is 2. The number of amides is 3. The zero-order valence-corrected chi connectivity index (χ0v) is 15.9. The third kappa shape index (κ3) is 5.17. The lowest BCUT2D eigenvalue weighted by atomic mass is 10.1. The molecule has 27 heavy (non-hydrogen) atoms. The number of carbonyl (C=O) groups excluding carboxylic acids is 2. The van der Waals surface area contributed by atoms with Gasteiger partial charge in [-0.15, -0.1) is 11.8 Å². The van der Waals surface area contributed by atoms with Crippen LogP contribution in [0, 0.1) is 0 Å². The van der Waals surface area contributed by atoms with Crippen LogP contribution in [0.3, 0.4) is 0 Å². The Bertz CT molecular complexity index is 798. The number of rotatable bonds is 5. The first kappa shape index (κ1) is 19.1. The highest BCUT2D eigenvalue weighted by atomic mass is 32.2. The van der Waals surface area contributed by atoms with Gasteiger partial charge in [-0.2, -0.15) is 0 Å². The summed E-state index contributed by atoms with van der Waals surface area (Å²) in [4.78, 5) is 25.4. The largest absolute Gasteiger partial charge is 0.490 e. The number of carbonyl (C=O) groups is 2. The zero-order valence-electron chi connectivity index (χ0n) is 15.1. The number of fused-ring (bicyclic) bond motifs is 1. The van der Waals surface area contributed by atoms with Gasteiger partial charge in [-0.3, -0.25) is 10.1 Å². The second-order valence-electron chi connectivity index (χ2n) is 5.92. The molecule has 1 atom stereocenters. The molecule has 6 nitrogen and oxygen atoms in total. The van der Waals surface area contributed by atoms with Crippen LogP contribution in [0.2, 0.25) is 0 Å². The van der Waals surface area contributed by atoms with E-state index in [0.717, 1.165) is 16.9 Å². The molecule has 2 aromatic carbocycles. The monoisotopic (exact) mass is 386 g/mol. The van der Waals surface area contributed by atoms with Crippen molar-refractivity contribution in [2.24, 2.45) is 0 Å². The van der Waals surface area contributed by atoms with E-state index in [2.05, 4.69) is 10.6 Å². The smallest absolute Gasteiger partial charge is 0.321 e. The summed E-state index contributed by atoms with van der Waals surface area (Å²) >= 11 is 1.36. The van der Waals surface area contributed by atoms with Gasteiger partial charge in [0, 0.05) is 17.9 Å². The van der Waals surface area contributed by atoms with Crippen LogP contribution in [-0.4, -0.2) is 31.7 Å². The molecule has 0 radical (unpaired) electrons. The Balaban J connectivity index is 1.82. The molecule has 0 saturated heterocycles. The minimum Gasteiger partial charge on any atom is -0.490 e. The van der Waals surface area contributed by atoms with Crippen LogP contribution in [0.5, 0.6) is 11.5 Å². The highest BCUT2D eigenvalue weighted by Gasteiger charge is 2.24. The van der Waals surface area contributed by atoms with Crippen LogP contribution in [0.25, 0.3) is 0 Å². The lowest BCUT2D eigenvalue weighted by Crippen LogP contribution is -2.41. The zero-order chi connectivity index (χ0) is 19.1. The minimum absolute atomic E-state index is 0.371. The topological polar surface area (TPSA) is 76.7 Å². The molecule has 0 bridgehead atoms. The number of hydrogen-bond acceptors (Lipinski definition) is 5. The molecule has 1 aliphatic rings. The van der Waals surface area contributed by atoms with Gasteiger partial charge in [-0.05, 0) is 30.7 Å². The van der Waals surface area contributed by atoms with E-state index < -0.39 is 11.3 Å². The van der Waals surface area contributed by atoms with Gasteiger partial charge in [-0.25, -0.2) is 4.79 Å². The SMILES string of the molecule is CCNC(=O)NC(=O)[C@@H](Sc1ccc2c(c1)OCCCO2)c1ccccc1. The summed E-state index contributed by atoms with van der Waals surface area (Å²) in [5, 5.41) is 4.41. The number of nitrogens with one attached hydrogen (secondary N) is 2. The molecule has 0 fully saturated rings. The van der Waals surface area contributed by atoms with Crippen molar-refractivity contribution in [2.75, 3.05) is 19.8 Å². The normalized spacial score (nSPS) is 14.0. The van der Waals surface area contributed by atoms with E-state index in [9.17, 15) is 9.59 Å². The van der Waals surface area contributed by atoms with Crippen LogP contribution < -0.4 is 20.1 Å². The molecule has 1 heterocycles. The van der Waals surface area contributed by atoms with E-state index >= 15 is 0 Å². The van der Waals surface area contributed by atoms with E-state index in [4.69, 9.17) is 9.47 Å². The molecule has 2 aromatic rings. The van der Waals surface area contributed by atoms with Gasteiger partial charge in [-0.1, -0.05) is 30.3 Å². The van der Waals surface area contributed by atoms with Crippen LogP contribution in [0.1, 0.15) is 24.2 Å². The lowest BCUT2D eigenvalue weighted by Gasteiger charge is -2.17. The highest BCUT2D eigenvalue weighted by molar-refractivity contribution is 8.00. The molecular formula is C20H22N2O4S. The number of ether oxygens (including phenoxy) is 2. The summed E-state index contributed by atoms with van der Waals surface area (Å²) in [5.41, 5.74) is 0.816. The van der Waals surface area contributed by atoms with Crippen molar-refractivity contribution in [3.8, 4) is 11.5 Å². The summed E-state index contributed by atoms with van der Waals surface area (Å²) in [7, 11) is 0. The van der Waals surface area contributed by atoms with Crippen molar-refractivity contribution in [3.05, 3.63) is 54.1 Å². The number of thioether (sulfide) groups is 1. The molecule has 0 aliphatic carbocycles. The number of imide groups is 1. The maximum absolute atomic E-state index is 12.7. The first-order valence-electron chi connectivity index (χ1n) is 8.87. The van der Waals surface area contributed by atoms with Crippen LogP contribution >= 0.6 is 11.8 Å². The van der Waals surface area contributed by atoms with Crippen LogP contribution in [0.15, 0.2) is 53.4 Å². The molecule has 0 aromatic heterocycles. The standard InChI is InChI=1S/C20H22N2O4S/c1-2-21-20(24)22-19(23)18(14-7-4-3-5-8-14)27-15-9-10-16-17(13-15)26-12-6-11-25-16/h3-5,7-10,13,18H,2,6,11-12H2,1H3,(H2,21,22,23,24)/t18-/m0/s1. The van der Waals surface area contributed by atoms with Crippen molar-refractivity contribution in [3.63, 3.8) is 0 Å². The molecule has 142 valence electrons. The van der Waals surface area contributed by atoms with Gasteiger partial charge < -0.3 is 14.8 Å². The van der Waals surface area contributed by atoms with Crippen molar-refractivity contribution in [1.29, 1.82) is 0 Å². The number of urea groups is 1. The molecule has 7 heteroatoms. The summed E-state index contributed by atoms with van der Waals surface area (Å²) < 4.78 is 11.4. The molecule has 0 saturated carbocycles. The maximum atomic E-state index is 12.7. The maximum Gasteiger partial charge on any atom is 0.321 e. The highest BCUT2D eigenvalue weighted by Crippen LogP contribution is 2.40. The van der Waals surface area contributed by atoms with Crippen LogP contribution in [0.4, 0.5) is 4.79 Å². The average molecular weight is 386 g/mol. The molecule has 3 rings (SSSR count). The van der Waals surface area contributed by atoms with E-state index in [1.54, 1.807) is 6.92 Å². The second kappa shape index (κ2) is 9.32. The molecule has 1 aliphatic heterocycles. The minimum atomic E-state index is -0.571. The fraction of sp³-hybridized carbons (Fsp3) is 0.300. The predicted molar refractivity (Wildman–Crippen MR) is 104 cm³/mol. The summed E-state index contributed by atoms with van der Waals surface area (Å²) in [6, 6.07) is 14.5. The van der Waals surface area contributed by atoms with Gasteiger partial charge in [0.1, 0.15) is 5.25 Å². The summed E-state index contributed by atoms with van der Waals surface area (Å²) in [6.45, 7) is 3.47. The third-order valence-corrected chi connectivity index (χ3v) is 5.14. The van der Waals surface area contributed by atoms with Gasteiger partial charge in [0.2, 0.25) is 5.91 Å². The second-order valence-corrected chi connectivity index (χ2v) is 7.09. The first-order valence-corrected chi connectivity index (χ1v) is 9.75. The van der Waals surface area contributed by atoms with Gasteiger partial charge in [0.05, 0.1) is 13.2 Å². The van der Waals surface area contributed by atoms with Crippen LogP contribution in [-0.2, 0) is 4.79 Å². The Hall–Kier alpha value is -2.67. The Morgan fingerprint density at radius 1 is 1.07 bits per heavy atom. The molecule has 3 amide bonds. The molecular weight excluding hydrogens is 364 g/mol. The summed E-state index contributed by atoms with van der Waals surface area (Å²) in [6.07, 6.45) is 0.832. The van der Waals surface area contributed by atoms with E-state index in [-0.39, 0.29) is 5.91 Å². The molecule has 0 spiro atoms. The lowest BCUT2D eigenvalue weighted by molar-refractivity contribution is -0.119. The van der Waals surface area contributed by atoms with Crippen molar-refractivity contribution in [1.82, 2.24) is 10.6 Å². The summed E-state index contributed by atoms with van der Waals surface area (Å²) in [5.74, 6) is 1.01. The van der Waals surface area contributed by atoms with Crippen molar-refractivity contribution >= 4 is 23.7 Å². The predicted octanol–water partition coefficient (Wildman–Crippen LogP) is 3.53. The molecule has 2 N–H and O–H groups in total. The van der Waals surface area contributed by atoms with Gasteiger partial charge >= 0.3 is 6.03 Å². The Labute approximate surface area is 162 Å². The van der Waals surface area contributed by atoms with Crippen molar-refractivity contribution < 1.29 is 19.1 Å². The first-order chi connectivity index (χ1) is 13.2. The average Bonchev–Trinajstić information content (AvgIpc) is 2.91. The van der Waals surface area contributed by atoms with Gasteiger partial charge in [0.25, 0.3) is 0 Å². The Kier molecular flexibility index (Phi) is 6.59. The van der Waals surface area contributed by atoms with Crippen molar-refractivity contribution in [2.45, 2.75) is 23.5 Å². The molecule has 0 unspecified atom stereocenters. The van der Waals surface area contributed by atoms with E-state index in [1.165, 1.54) is 11.8 Å². The van der Waals surface area contributed by atoms with E-state index in [0.29, 0.717) is 31.3 Å².